The number of fused-ring (bicyclic) bond motifs is 1. The second-order valence-corrected chi connectivity index (χ2v) is 7.46. The van der Waals surface area contributed by atoms with Crippen LogP contribution >= 0.6 is 11.6 Å². The quantitative estimate of drug-likeness (QED) is 0.380. The van der Waals surface area contributed by atoms with Crippen molar-refractivity contribution in [1.82, 2.24) is 4.98 Å². The van der Waals surface area contributed by atoms with Crippen molar-refractivity contribution in [2.24, 2.45) is 0 Å². The highest BCUT2D eigenvalue weighted by atomic mass is 35.5. The normalized spacial score (nSPS) is 10.8. The van der Waals surface area contributed by atoms with E-state index in [2.05, 4.69) is 4.98 Å². The molecule has 0 aliphatic rings. The number of halogens is 1. The van der Waals surface area contributed by atoms with Crippen LogP contribution < -0.4 is 10.3 Å². The van der Waals surface area contributed by atoms with Gasteiger partial charge in [0.1, 0.15) is 0 Å². The molecule has 0 unspecified atom stereocenters. The smallest absolute Gasteiger partial charge is 0.434 e. The summed E-state index contributed by atoms with van der Waals surface area (Å²) in [5, 5.41) is 1.26. The molecule has 0 amide bonds. The number of para-hydroxylation sites is 1. The molecule has 3 aromatic carbocycles. The highest BCUT2D eigenvalue weighted by Gasteiger charge is 2.21. The number of rotatable bonds is 4. The Kier molecular flexibility index (Phi) is 5.78. The molecule has 0 radical (unpaired) electrons. The topological polar surface area (TPSA) is 68.4 Å². The predicted molar refractivity (Wildman–Crippen MR) is 123 cm³/mol. The van der Waals surface area contributed by atoms with E-state index in [0.717, 1.165) is 16.7 Å². The second kappa shape index (κ2) is 8.66. The minimum atomic E-state index is -0.856. The molecule has 0 saturated carbocycles. The maximum atomic E-state index is 13.1. The van der Waals surface area contributed by atoms with E-state index < -0.39 is 6.16 Å². The fraction of sp³-hybridized carbons (Fsp3) is 0.120. The summed E-state index contributed by atoms with van der Waals surface area (Å²) >= 11 is 6.02. The lowest BCUT2D eigenvalue weighted by Gasteiger charge is -2.15. The van der Waals surface area contributed by atoms with E-state index >= 15 is 0 Å². The second-order valence-electron chi connectivity index (χ2n) is 7.03. The van der Waals surface area contributed by atoms with Crippen molar-refractivity contribution in [3.8, 4) is 28.0 Å². The summed E-state index contributed by atoms with van der Waals surface area (Å²) in [5.41, 5.74) is 3.89. The van der Waals surface area contributed by atoms with Gasteiger partial charge in [0.15, 0.2) is 5.75 Å². The maximum absolute atomic E-state index is 13.1. The van der Waals surface area contributed by atoms with Crippen LogP contribution in [0.2, 0.25) is 5.02 Å². The van der Waals surface area contributed by atoms with Gasteiger partial charge < -0.3 is 14.5 Å². The Morgan fingerprint density at radius 3 is 2.45 bits per heavy atom. The summed E-state index contributed by atoms with van der Waals surface area (Å²) in [4.78, 5) is 28.2. The number of ether oxygens (including phenoxy) is 2. The zero-order valence-corrected chi connectivity index (χ0v) is 17.8. The Morgan fingerprint density at radius 1 is 1.00 bits per heavy atom. The van der Waals surface area contributed by atoms with Crippen molar-refractivity contribution in [3.63, 3.8) is 0 Å². The third kappa shape index (κ3) is 4.18. The first-order valence-electron chi connectivity index (χ1n) is 9.84. The molecule has 4 rings (SSSR count). The minimum absolute atomic E-state index is 0.167. The molecule has 0 aliphatic heterocycles. The molecular weight excluding hydrogens is 414 g/mol. The molecule has 1 N–H and O–H groups in total. The average Bonchev–Trinajstić information content (AvgIpc) is 2.75. The number of pyridine rings is 1. The molecule has 156 valence electrons. The van der Waals surface area contributed by atoms with Gasteiger partial charge in [-0.15, -0.1) is 0 Å². The lowest BCUT2D eigenvalue weighted by molar-refractivity contribution is 0.105. The summed E-state index contributed by atoms with van der Waals surface area (Å²) < 4.78 is 10.5. The lowest BCUT2D eigenvalue weighted by atomic mass is 9.94. The van der Waals surface area contributed by atoms with Crippen LogP contribution in [0, 0.1) is 6.92 Å². The van der Waals surface area contributed by atoms with Gasteiger partial charge in [-0.1, -0.05) is 48.0 Å². The van der Waals surface area contributed by atoms with Crippen molar-refractivity contribution in [2.75, 3.05) is 6.61 Å². The summed E-state index contributed by atoms with van der Waals surface area (Å²) in [6.07, 6.45) is -0.856. The maximum Gasteiger partial charge on any atom is 0.513 e. The monoisotopic (exact) mass is 433 g/mol. The van der Waals surface area contributed by atoms with Crippen LogP contribution in [-0.4, -0.2) is 17.7 Å². The Balaban J connectivity index is 1.96. The highest BCUT2D eigenvalue weighted by Crippen LogP contribution is 2.37. The molecule has 1 heterocycles. The fourth-order valence-electron chi connectivity index (χ4n) is 3.51. The van der Waals surface area contributed by atoms with Gasteiger partial charge in [0.25, 0.3) is 5.56 Å². The standard InChI is InChI=1S/C25H20ClNO4/c1-3-30-25(29)31-23-19-6-4-5-7-21(19)27-24(28)22(23)20-14-17(9-8-15(20)2)16-10-12-18(26)13-11-16/h4-14H,3H2,1-2H3,(H,27,28). The fourth-order valence-corrected chi connectivity index (χ4v) is 3.63. The van der Waals surface area contributed by atoms with Gasteiger partial charge in [0.2, 0.25) is 0 Å². The summed E-state index contributed by atoms with van der Waals surface area (Å²) in [6.45, 7) is 3.77. The average molecular weight is 434 g/mol. The summed E-state index contributed by atoms with van der Waals surface area (Å²) in [7, 11) is 0. The first-order valence-corrected chi connectivity index (χ1v) is 10.2. The van der Waals surface area contributed by atoms with Gasteiger partial charge in [0, 0.05) is 10.4 Å². The highest BCUT2D eigenvalue weighted by molar-refractivity contribution is 6.30. The first kappa shape index (κ1) is 20.7. The van der Waals surface area contributed by atoms with Crippen LogP contribution in [0.5, 0.6) is 5.75 Å². The summed E-state index contributed by atoms with van der Waals surface area (Å²) in [5.74, 6) is 0.175. The predicted octanol–water partition coefficient (Wildman–Crippen LogP) is 6.36. The number of aryl methyl sites for hydroxylation is 1. The van der Waals surface area contributed by atoms with E-state index in [1.165, 1.54) is 0 Å². The van der Waals surface area contributed by atoms with Crippen LogP contribution in [-0.2, 0) is 4.74 Å². The molecule has 0 atom stereocenters. The van der Waals surface area contributed by atoms with Crippen LogP contribution in [0.15, 0.2) is 71.5 Å². The van der Waals surface area contributed by atoms with Crippen molar-refractivity contribution in [1.29, 1.82) is 0 Å². The van der Waals surface area contributed by atoms with Gasteiger partial charge in [-0.25, -0.2) is 4.79 Å². The molecule has 31 heavy (non-hydrogen) atoms. The Bertz CT molecular complexity index is 1330. The van der Waals surface area contributed by atoms with Crippen molar-refractivity contribution < 1.29 is 14.3 Å². The number of aromatic amines is 1. The Morgan fingerprint density at radius 2 is 1.71 bits per heavy atom. The Labute approximate surface area is 184 Å². The van der Waals surface area contributed by atoms with Gasteiger partial charge in [-0.3, -0.25) is 4.79 Å². The van der Waals surface area contributed by atoms with Crippen LogP contribution in [0.3, 0.4) is 0 Å². The van der Waals surface area contributed by atoms with Crippen LogP contribution in [0.1, 0.15) is 12.5 Å². The van der Waals surface area contributed by atoms with Crippen molar-refractivity contribution in [3.05, 3.63) is 87.7 Å². The van der Waals surface area contributed by atoms with E-state index in [9.17, 15) is 9.59 Å². The molecule has 1 aromatic heterocycles. The largest absolute Gasteiger partial charge is 0.513 e. The molecule has 0 aliphatic carbocycles. The van der Waals surface area contributed by atoms with Gasteiger partial charge in [-0.2, -0.15) is 0 Å². The Hall–Kier alpha value is -3.57. The number of carbonyl (C=O) groups excluding carboxylic acids is 1. The van der Waals surface area contributed by atoms with Crippen LogP contribution in [0.4, 0.5) is 4.79 Å². The SMILES string of the molecule is CCOC(=O)Oc1c(-c2cc(-c3ccc(Cl)cc3)ccc2C)c(=O)[nH]c2ccccc12. The van der Waals surface area contributed by atoms with Crippen molar-refractivity contribution >= 4 is 28.7 Å². The molecular formula is C25H20ClNO4. The van der Waals surface area contributed by atoms with E-state index in [-0.39, 0.29) is 23.5 Å². The molecule has 4 aromatic rings. The third-order valence-corrected chi connectivity index (χ3v) is 5.26. The van der Waals surface area contributed by atoms with Gasteiger partial charge in [0.05, 0.1) is 17.7 Å². The molecule has 0 fully saturated rings. The number of aromatic nitrogens is 1. The molecule has 0 spiro atoms. The zero-order valence-electron chi connectivity index (χ0n) is 17.1. The lowest BCUT2D eigenvalue weighted by Crippen LogP contribution is -2.17. The number of H-pyrrole nitrogens is 1. The van der Waals surface area contributed by atoms with Crippen molar-refractivity contribution in [2.45, 2.75) is 13.8 Å². The zero-order chi connectivity index (χ0) is 22.0. The number of nitrogens with one attached hydrogen (secondary N) is 1. The molecule has 0 saturated heterocycles. The summed E-state index contributed by atoms with van der Waals surface area (Å²) in [6, 6.07) is 20.5. The molecule has 0 bridgehead atoms. The van der Waals surface area contributed by atoms with Gasteiger partial charge in [-0.05, 0) is 66.4 Å². The number of hydrogen-bond acceptors (Lipinski definition) is 4. The molecule has 5 nitrogen and oxygen atoms in total. The van der Waals surface area contributed by atoms with E-state index in [4.69, 9.17) is 21.1 Å². The first-order chi connectivity index (χ1) is 15.0. The number of carbonyl (C=O) groups is 1. The minimum Gasteiger partial charge on any atom is -0.434 e. The van der Waals surface area contributed by atoms with E-state index in [1.54, 1.807) is 25.1 Å². The van der Waals surface area contributed by atoms with Crippen LogP contribution in [0.25, 0.3) is 33.2 Å². The van der Waals surface area contributed by atoms with E-state index in [1.807, 2.05) is 55.5 Å². The van der Waals surface area contributed by atoms with E-state index in [0.29, 0.717) is 21.5 Å². The number of benzene rings is 3. The molecule has 6 heteroatoms. The van der Waals surface area contributed by atoms with Gasteiger partial charge >= 0.3 is 6.16 Å². The number of hydrogen-bond donors (Lipinski definition) is 1. The third-order valence-electron chi connectivity index (χ3n) is 5.01.